The maximum Gasteiger partial charge on any atom is 0.236 e. The molecule has 2 aliphatic heterocycles. The highest BCUT2D eigenvalue weighted by Crippen LogP contribution is 2.13. The maximum absolute atomic E-state index is 12.3. The first-order valence-electron chi connectivity index (χ1n) is 8.09. The van der Waals surface area contributed by atoms with Crippen molar-refractivity contribution in [3.8, 4) is 0 Å². The van der Waals surface area contributed by atoms with Crippen molar-refractivity contribution in [2.45, 2.75) is 19.3 Å². The van der Waals surface area contributed by atoms with Gasteiger partial charge < -0.3 is 15.5 Å². The Morgan fingerprint density at radius 1 is 1.04 bits per heavy atom. The molecule has 2 saturated heterocycles. The number of amides is 2. The molecule has 0 aromatic carbocycles. The molecule has 0 radical (unpaired) electrons. The molecule has 3 rings (SSSR count). The summed E-state index contributed by atoms with van der Waals surface area (Å²) in [6.07, 6.45) is 2.55. The van der Waals surface area contributed by atoms with E-state index in [-0.39, 0.29) is 11.8 Å². The summed E-state index contributed by atoms with van der Waals surface area (Å²) in [7, 11) is 0. The Bertz CT molecular complexity index is 562. The molecule has 2 amide bonds. The van der Waals surface area contributed by atoms with Crippen LogP contribution in [0.15, 0.2) is 5.38 Å². The van der Waals surface area contributed by atoms with Crippen molar-refractivity contribution in [1.82, 2.24) is 19.7 Å². The number of thiazole rings is 1. The molecule has 2 aliphatic rings. The molecule has 0 atom stereocenters. The van der Waals surface area contributed by atoms with Crippen LogP contribution in [0.5, 0.6) is 0 Å². The molecule has 3 heterocycles. The monoisotopic (exact) mass is 337 g/mol. The number of hydrogen-bond donors (Lipinski definition) is 1. The number of hydrogen-bond acceptors (Lipinski definition) is 6. The Labute approximate surface area is 140 Å². The van der Waals surface area contributed by atoms with Gasteiger partial charge in [-0.15, -0.1) is 11.3 Å². The number of anilines is 1. The van der Waals surface area contributed by atoms with Gasteiger partial charge in [0.05, 0.1) is 18.7 Å². The van der Waals surface area contributed by atoms with Crippen LogP contribution in [0.1, 0.15) is 18.5 Å². The van der Waals surface area contributed by atoms with Crippen molar-refractivity contribution < 1.29 is 9.59 Å². The summed E-state index contributed by atoms with van der Waals surface area (Å²) < 4.78 is 0. The molecular formula is C15H23N5O2S. The highest BCUT2D eigenvalue weighted by Gasteiger charge is 2.25. The predicted molar refractivity (Wildman–Crippen MR) is 89.1 cm³/mol. The van der Waals surface area contributed by atoms with Crippen LogP contribution in [-0.4, -0.2) is 77.3 Å². The first kappa shape index (κ1) is 16.2. The largest absolute Gasteiger partial charge is 0.375 e. The van der Waals surface area contributed by atoms with Crippen molar-refractivity contribution in [2.24, 2.45) is 0 Å². The summed E-state index contributed by atoms with van der Waals surface area (Å²) in [6, 6.07) is 0. The Hall–Kier alpha value is -1.67. The van der Waals surface area contributed by atoms with E-state index in [4.69, 9.17) is 5.73 Å². The molecular weight excluding hydrogens is 314 g/mol. The molecule has 23 heavy (non-hydrogen) atoms. The van der Waals surface area contributed by atoms with Crippen LogP contribution >= 0.6 is 11.3 Å². The number of likely N-dealkylation sites (tertiary alicyclic amines) is 1. The van der Waals surface area contributed by atoms with E-state index in [0.717, 1.165) is 44.7 Å². The van der Waals surface area contributed by atoms with Gasteiger partial charge in [-0.1, -0.05) is 0 Å². The number of nitrogens with two attached hydrogens (primary N) is 1. The molecule has 1 aromatic heterocycles. The molecule has 0 aliphatic carbocycles. The zero-order chi connectivity index (χ0) is 16.2. The van der Waals surface area contributed by atoms with E-state index >= 15 is 0 Å². The van der Waals surface area contributed by atoms with Crippen LogP contribution in [0.2, 0.25) is 0 Å². The lowest BCUT2D eigenvalue weighted by Crippen LogP contribution is -2.51. The Morgan fingerprint density at radius 3 is 2.30 bits per heavy atom. The number of rotatable bonds is 4. The molecule has 126 valence electrons. The number of carbonyl (C=O) groups is 2. The minimum atomic E-state index is 0.0841. The second-order valence-corrected chi connectivity index (χ2v) is 6.99. The molecule has 0 bridgehead atoms. The lowest BCUT2D eigenvalue weighted by Gasteiger charge is -2.35. The lowest BCUT2D eigenvalue weighted by molar-refractivity contribution is -0.134. The summed E-state index contributed by atoms with van der Waals surface area (Å²) in [5, 5.41) is 2.33. The second kappa shape index (κ2) is 7.27. The van der Waals surface area contributed by atoms with E-state index in [1.165, 1.54) is 11.3 Å². The zero-order valence-electron chi connectivity index (χ0n) is 13.2. The van der Waals surface area contributed by atoms with Gasteiger partial charge in [-0.2, -0.15) is 0 Å². The number of aromatic nitrogens is 1. The third-order valence-electron chi connectivity index (χ3n) is 4.44. The average molecular weight is 337 g/mol. The van der Waals surface area contributed by atoms with Gasteiger partial charge in [-0.3, -0.25) is 14.5 Å². The fourth-order valence-electron chi connectivity index (χ4n) is 3.08. The first-order valence-corrected chi connectivity index (χ1v) is 8.97. The molecule has 8 heteroatoms. The smallest absolute Gasteiger partial charge is 0.236 e. The van der Waals surface area contributed by atoms with Crippen molar-refractivity contribution in [3.05, 3.63) is 11.1 Å². The topological polar surface area (TPSA) is 82.8 Å². The molecule has 0 spiro atoms. The number of nitrogens with zero attached hydrogens (tertiary/aromatic N) is 4. The van der Waals surface area contributed by atoms with Gasteiger partial charge in [0.25, 0.3) is 0 Å². The molecule has 7 nitrogen and oxygen atoms in total. The van der Waals surface area contributed by atoms with Gasteiger partial charge >= 0.3 is 0 Å². The quantitative estimate of drug-likeness (QED) is 0.838. The minimum Gasteiger partial charge on any atom is -0.375 e. The fraction of sp³-hybridized carbons (Fsp3) is 0.667. The Balaban J connectivity index is 1.42. The molecule has 2 fully saturated rings. The highest BCUT2D eigenvalue weighted by molar-refractivity contribution is 7.13. The van der Waals surface area contributed by atoms with Gasteiger partial charge in [0, 0.05) is 44.6 Å². The van der Waals surface area contributed by atoms with Gasteiger partial charge in [0.15, 0.2) is 5.13 Å². The Morgan fingerprint density at radius 2 is 1.70 bits per heavy atom. The molecule has 0 saturated carbocycles. The average Bonchev–Trinajstić information content (AvgIpc) is 3.20. The van der Waals surface area contributed by atoms with E-state index in [9.17, 15) is 9.59 Å². The van der Waals surface area contributed by atoms with E-state index in [0.29, 0.717) is 31.2 Å². The SMILES string of the molecule is Nc1nc(CC(=O)N2CCN(CC(=O)N3CCCC3)CC2)cs1. The number of nitrogen functional groups attached to an aromatic ring is 1. The molecule has 0 unspecified atom stereocenters. The Kier molecular flexibility index (Phi) is 5.12. The number of carbonyl (C=O) groups excluding carboxylic acids is 2. The van der Waals surface area contributed by atoms with Crippen LogP contribution in [0.3, 0.4) is 0 Å². The number of piperazine rings is 1. The van der Waals surface area contributed by atoms with Crippen LogP contribution in [-0.2, 0) is 16.0 Å². The van der Waals surface area contributed by atoms with Crippen LogP contribution in [0.25, 0.3) is 0 Å². The van der Waals surface area contributed by atoms with Gasteiger partial charge in [0.2, 0.25) is 11.8 Å². The standard InChI is InChI=1S/C15H23N5O2S/c16-15-17-12(11-23-15)9-13(21)20-7-5-18(6-8-20)10-14(22)19-3-1-2-4-19/h11H,1-10H2,(H2,16,17). The van der Waals surface area contributed by atoms with Gasteiger partial charge in [-0.05, 0) is 12.8 Å². The molecule has 1 aromatic rings. The van der Waals surface area contributed by atoms with E-state index in [2.05, 4.69) is 9.88 Å². The van der Waals surface area contributed by atoms with Crippen molar-refractivity contribution in [1.29, 1.82) is 0 Å². The van der Waals surface area contributed by atoms with E-state index in [1.807, 2.05) is 15.2 Å². The lowest BCUT2D eigenvalue weighted by atomic mass is 10.2. The van der Waals surface area contributed by atoms with Crippen molar-refractivity contribution >= 4 is 28.3 Å². The second-order valence-electron chi connectivity index (χ2n) is 6.10. The third kappa shape index (κ3) is 4.20. The normalized spacial score (nSPS) is 19.3. The van der Waals surface area contributed by atoms with Crippen LogP contribution < -0.4 is 5.73 Å². The summed E-state index contributed by atoms with van der Waals surface area (Å²) in [4.78, 5) is 34.5. The van der Waals surface area contributed by atoms with E-state index in [1.54, 1.807) is 0 Å². The summed E-state index contributed by atoms with van der Waals surface area (Å²) in [5.74, 6) is 0.307. The third-order valence-corrected chi connectivity index (χ3v) is 5.17. The maximum atomic E-state index is 12.3. The van der Waals surface area contributed by atoms with Crippen molar-refractivity contribution in [3.63, 3.8) is 0 Å². The van der Waals surface area contributed by atoms with Crippen LogP contribution in [0, 0.1) is 0 Å². The predicted octanol–water partition coefficient (Wildman–Crippen LogP) is 0.0344. The molecule has 2 N–H and O–H groups in total. The van der Waals surface area contributed by atoms with Crippen LogP contribution in [0.4, 0.5) is 5.13 Å². The van der Waals surface area contributed by atoms with Gasteiger partial charge in [0.1, 0.15) is 0 Å². The van der Waals surface area contributed by atoms with Crippen molar-refractivity contribution in [2.75, 3.05) is 51.5 Å². The van der Waals surface area contributed by atoms with E-state index < -0.39 is 0 Å². The van der Waals surface area contributed by atoms with Gasteiger partial charge in [-0.25, -0.2) is 4.98 Å². The zero-order valence-corrected chi connectivity index (χ0v) is 14.1. The summed E-state index contributed by atoms with van der Waals surface area (Å²) >= 11 is 1.36. The first-order chi connectivity index (χ1) is 11.1. The minimum absolute atomic E-state index is 0.0841. The highest BCUT2D eigenvalue weighted by atomic mass is 32.1. The summed E-state index contributed by atoms with van der Waals surface area (Å²) in [5.41, 5.74) is 6.33. The summed E-state index contributed by atoms with van der Waals surface area (Å²) in [6.45, 7) is 5.12. The fourth-order valence-corrected chi connectivity index (χ4v) is 3.65.